The summed E-state index contributed by atoms with van der Waals surface area (Å²) >= 11 is 3.80. The molecule has 0 aliphatic carbocycles. The molecule has 1 saturated heterocycles. The van der Waals surface area contributed by atoms with Crippen molar-refractivity contribution in [3.05, 3.63) is 28.2 Å². The van der Waals surface area contributed by atoms with Crippen molar-refractivity contribution in [2.24, 2.45) is 0 Å². The van der Waals surface area contributed by atoms with Crippen LogP contribution in [-0.2, 0) is 0 Å². The van der Waals surface area contributed by atoms with Crippen LogP contribution >= 0.6 is 15.9 Å². The van der Waals surface area contributed by atoms with Gasteiger partial charge in [0.05, 0.1) is 5.69 Å². The standard InChI is InChI=1S/C18H29BrN2/c1-4-11-20-15(3)16-9-10-18(17(19)13-16)21-12-7-5-6-8-14(21)2/h9-10,13-15,20H,4-8,11-12H2,1-3H3. The van der Waals surface area contributed by atoms with Gasteiger partial charge in [-0.2, -0.15) is 0 Å². The average molecular weight is 353 g/mol. The van der Waals surface area contributed by atoms with Crippen LogP contribution in [0.5, 0.6) is 0 Å². The highest BCUT2D eigenvalue weighted by molar-refractivity contribution is 9.10. The van der Waals surface area contributed by atoms with Crippen molar-refractivity contribution >= 4 is 21.6 Å². The highest BCUT2D eigenvalue weighted by Gasteiger charge is 2.19. The Balaban J connectivity index is 2.14. The molecule has 1 fully saturated rings. The van der Waals surface area contributed by atoms with Crippen LogP contribution in [0.4, 0.5) is 5.69 Å². The minimum Gasteiger partial charge on any atom is -0.368 e. The number of rotatable bonds is 5. The lowest BCUT2D eigenvalue weighted by Crippen LogP contribution is -2.32. The van der Waals surface area contributed by atoms with Crippen LogP contribution in [0.25, 0.3) is 0 Å². The normalized spacial score (nSPS) is 21.1. The Morgan fingerprint density at radius 2 is 2.14 bits per heavy atom. The molecule has 3 heteroatoms. The minimum atomic E-state index is 0.414. The molecule has 0 spiro atoms. The molecule has 1 aromatic carbocycles. The van der Waals surface area contributed by atoms with Gasteiger partial charge in [-0.3, -0.25) is 0 Å². The second-order valence-electron chi connectivity index (χ2n) is 6.28. The van der Waals surface area contributed by atoms with Crippen LogP contribution in [-0.4, -0.2) is 19.1 Å². The van der Waals surface area contributed by atoms with Gasteiger partial charge in [-0.25, -0.2) is 0 Å². The second-order valence-corrected chi connectivity index (χ2v) is 7.13. The smallest absolute Gasteiger partial charge is 0.0513 e. The summed E-state index contributed by atoms with van der Waals surface area (Å²) in [4.78, 5) is 2.57. The van der Waals surface area contributed by atoms with E-state index < -0.39 is 0 Å². The molecule has 0 saturated carbocycles. The third-order valence-electron chi connectivity index (χ3n) is 4.53. The van der Waals surface area contributed by atoms with Crippen molar-refractivity contribution in [1.29, 1.82) is 0 Å². The van der Waals surface area contributed by atoms with E-state index in [4.69, 9.17) is 0 Å². The van der Waals surface area contributed by atoms with Crippen molar-refractivity contribution in [3.63, 3.8) is 0 Å². The Morgan fingerprint density at radius 1 is 1.33 bits per heavy atom. The van der Waals surface area contributed by atoms with Crippen LogP contribution in [0.15, 0.2) is 22.7 Å². The van der Waals surface area contributed by atoms with E-state index in [1.54, 1.807) is 0 Å². The molecular weight excluding hydrogens is 324 g/mol. The first-order chi connectivity index (χ1) is 10.1. The van der Waals surface area contributed by atoms with Crippen LogP contribution in [0, 0.1) is 0 Å². The molecule has 2 rings (SSSR count). The van der Waals surface area contributed by atoms with Gasteiger partial charge in [-0.05, 0) is 73.3 Å². The zero-order valence-electron chi connectivity index (χ0n) is 13.7. The quantitative estimate of drug-likeness (QED) is 0.775. The first kappa shape index (κ1) is 16.8. The summed E-state index contributed by atoms with van der Waals surface area (Å²) in [6.45, 7) is 9.06. The molecule has 1 aromatic rings. The van der Waals surface area contributed by atoms with E-state index in [0.29, 0.717) is 12.1 Å². The Kier molecular flexibility index (Phi) is 6.56. The van der Waals surface area contributed by atoms with Crippen molar-refractivity contribution in [2.75, 3.05) is 18.0 Å². The van der Waals surface area contributed by atoms with E-state index in [0.717, 1.165) is 6.54 Å². The van der Waals surface area contributed by atoms with Gasteiger partial charge in [0.1, 0.15) is 0 Å². The molecule has 1 heterocycles. The van der Waals surface area contributed by atoms with Gasteiger partial charge in [-0.1, -0.05) is 25.8 Å². The maximum absolute atomic E-state index is 3.80. The number of nitrogens with one attached hydrogen (secondary N) is 1. The lowest BCUT2D eigenvalue weighted by molar-refractivity contribution is 0.570. The summed E-state index contributed by atoms with van der Waals surface area (Å²) in [5.41, 5.74) is 2.72. The van der Waals surface area contributed by atoms with E-state index in [-0.39, 0.29) is 0 Å². The summed E-state index contributed by atoms with van der Waals surface area (Å²) in [6, 6.07) is 7.93. The molecule has 2 atom stereocenters. The lowest BCUT2D eigenvalue weighted by atomic mass is 10.1. The Hall–Kier alpha value is -0.540. The van der Waals surface area contributed by atoms with Crippen LogP contribution in [0.1, 0.15) is 64.5 Å². The van der Waals surface area contributed by atoms with Crippen LogP contribution in [0.3, 0.4) is 0 Å². The van der Waals surface area contributed by atoms with E-state index in [1.807, 2.05) is 0 Å². The van der Waals surface area contributed by atoms with E-state index in [2.05, 4.69) is 65.1 Å². The number of benzene rings is 1. The maximum Gasteiger partial charge on any atom is 0.0513 e. The SMILES string of the molecule is CCCNC(C)c1ccc(N2CCCCCC2C)c(Br)c1. The van der Waals surface area contributed by atoms with Gasteiger partial charge in [0.2, 0.25) is 0 Å². The Bertz CT molecular complexity index is 447. The molecule has 0 aromatic heterocycles. The van der Waals surface area contributed by atoms with Gasteiger partial charge < -0.3 is 10.2 Å². The third kappa shape index (κ3) is 4.46. The maximum atomic E-state index is 3.80. The average Bonchev–Trinajstić information content (AvgIpc) is 2.69. The molecule has 1 N–H and O–H groups in total. The van der Waals surface area contributed by atoms with Gasteiger partial charge in [-0.15, -0.1) is 0 Å². The first-order valence-corrected chi connectivity index (χ1v) is 9.22. The molecule has 2 nitrogen and oxygen atoms in total. The van der Waals surface area contributed by atoms with Gasteiger partial charge in [0.25, 0.3) is 0 Å². The number of halogens is 1. The van der Waals surface area contributed by atoms with Crippen molar-refractivity contribution in [2.45, 2.75) is 65.0 Å². The fourth-order valence-corrected chi connectivity index (χ4v) is 3.76. The Morgan fingerprint density at radius 3 is 2.86 bits per heavy atom. The van der Waals surface area contributed by atoms with Gasteiger partial charge in [0, 0.05) is 23.1 Å². The van der Waals surface area contributed by atoms with E-state index in [9.17, 15) is 0 Å². The first-order valence-electron chi connectivity index (χ1n) is 8.43. The zero-order chi connectivity index (χ0) is 15.2. The fraction of sp³-hybridized carbons (Fsp3) is 0.667. The molecule has 0 bridgehead atoms. The molecule has 118 valence electrons. The van der Waals surface area contributed by atoms with Gasteiger partial charge >= 0.3 is 0 Å². The highest BCUT2D eigenvalue weighted by atomic mass is 79.9. The predicted octanol–water partition coefficient (Wildman–Crippen LogP) is 5.28. The molecule has 21 heavy (non-hydrogen) atoms. The molecule has 0 radical (unpaired) electrons. The highest BCUT2D eigenvalue weighted by Crippen LogP contribution is 2.33. The van der Waals surface area contributed by atoms with E-state index >= 15 is 0 Å². The summed E-state index contributed by atoms with van der Waals surface area (Å²) < 4.78 is 1.24. The summed E-state index contributed by atoms with van der Waals surface area (Å²) in [5.74, 6) is 0. The monoisotopic (exact) mass is 352 g/mol. The summed E-state index contributed by atoms with van der Waals surface area (Å²) in [7, 11) is 0. The second kappa shape index (κ2) is 8.19. The zero-order valence-corrected chi connectivity index (χ0v) is 15.2. The number of hydrogen-bond donors (Lipinski definition) is 1. The summed E-state index contributed by atoms with van der Waals surface area (Å²) in [6.07, 6.45) is 6.53. The van der Waals surface area contributed by atoms with Crippen LogP contribution < -0.4 is 10.2 Å². The molecule has 1 aliphatic heterocycles. The minimum absolute atomic E-state index is 0.414. The lowest BCUT2D eigenvalue weighted by Gasteiger charge is -2.31. The van der Waals surface area contributed by atoms with Crippen molar-refractivity contribution in [1.82, 2.24) is 5.32 Å². The largest absolute Gasteiger partial charge is 0.368 e. The topological polar surface area (TPSA) is 15.3 Å². The number of hydrogen-bond acceptors (Lipinski definition) is 2. The number of nitrogens with zero attached hydrogens (tertiary/aromatic N) is 1. The molecule has 2 unspecified atom stereocenters. The van der Waals surface area contributed by atoms with Gasteiger partial charge in [0.15, 0.2) is 0 Å². The summed E-state index contributed by atoms with van der Waals surface area (Å²) in [5, 5.41) is 3.56. The van der Waals surface area contributed by atoms with Crippen molar-refractivity contribution in [3.8, 4) is 0 Å². The Labute approximate surface area is 138 Å². The fourth-order valence-electron chi connectivity index (χ4n) is 3.14. The molecule has 1 aliphatic rings. The van der Waals surface area contributed by atoms with E-state index in [1.165, 1.54) is 54.4 Å². The van der Waals surface area contributed by atoms with Crippen molar-refractivity contribution < 1.29 is 0 Å². The van der Waals surface area contributed by atoms with Crippen LogP contribution in [0.2, 0.25) is 0 Å². The third-order valence-corrected chi connectivity index (χ3v) is 5.17. The predicted molar refractivity (Wildman–Crippen MR) is 96.1 cm³/mol. The molecule has 0 amide bonds. The number of anilines is 1. The molecular formula is C18H29BrN2.